The molecule has 0 aliphatic carbocycles. The van der Waals surface area contributed by atoms with E-state index in [0.29, 0.717) is 0 Å². The number of hydrogen-bond acceptors (Lipinski definition) is 0. The number of benzene rings is 2. The minimum Gasteiger partial charge on any atom is -1.00 e. The Bertz CT molecular complexity index is 592. The van der Waals surface area contributed by atoms with Crippen LogP contribution in [0.5, 0.6) is 0 Å². The molecule has 0 saturated carbocycles. The highest BCUT2D eigenvalue weighted by Gasteiger charge is 2.08. The molecule has 0 unspecified atom stereocenters. The Hall–Kier alpha value is -1.41. The average Bonchev–Trinajstić information content (AvgIpc) is 2.30. The summed E-state index contributed by atoms with van der Waals surface area (Å²) < 4.78 is 2.24. The van der Waals surface area contributed by atoms with Gasteiger partial charge >= 0.3 is 0 Å². The second-order valence-electron chi connectivity index (χ2n) is 3.82. The van der Waals surface area contributed by atoms with Gasteiger partial charge in [-0.25, -0.2) is 0 Å². The fraction of sp³-hybridized carbons (Fsp3) is 0.0714. The highest BCUT2D eigenvalue weighted by molar-refractivity contribution is 5.88. The van der Waals surface area contributed by atoms with Gasteiger partial charge in [-0.3, -0.25) is 0 Å². The van der Waals surface area contributed by atoms with Gasteiger partial charge in [-0.15, -0.1) is 0 Å². The number of halogens is 1. The van der Waals surface area contributed by atoms with Crippen LogP contribution in [-0.2, 0) is 7.05 Å². The summed E-state index contributed by atoms with van der Waals surface area (Å²) in [7, 11) is 2.12. The van der Waals surface area contributed by atoms with Crippen molar-refractivity contribution < 1.29 is 21.5 Å². The van der Waals surface area contributed by atoms with Crippen molar-refractivity contribution in [2.24, 2.45) is 7.05 Å². The molecule has 80 valence electrons. The summed E-state index contributed by atoms with van der Waals surface area (Å²) >= 11 is 0. The first-order valence-electron chi connectivity index (χ1n) is 5.13. The van der Waals surface area contributed by atoms with Crippen molar-refractivity contribution in [3.05, 3.63) is 54.6 Å². The van der Waals surface area contributed by atoms with Gasteiger partial charge in [0, 0.05) is 22.9 Å². The van der Waals surface area contributed by atoms with Crippen LogP contribution in [-0.4, -0.2) is 0 Å². The average molecular weight is 274 g/mol. The SMILES string of the molecule is C[n+]1c2ccccc2cc2ccccc21.[Br-]. The number of nitrogens with zero attached hydrogens (tertiary/aromatic N) is 1. The van der Waals surface area contributed by atoms with Crippen molar-refractivity contribution >= 4 is 21.8 Å². The van der Waals surface area contributed by atoms with E-state index in [4.69, 9.17) is 0 Å². The maximum atomic E-state index is 2.24. The van der Waals surface area contributed by atoms with E-state index in [9.17, 15) is 0 Å². The van der Waals surface area contributed by atoms with Crippen LogP contribution >= 0.6 is 0 Å². The Kier molecular flexibility index (Phi) is 2.92. The zero-order valence-electron chi connectivity index (χ0n) is 9.02. The highest BCUT2D eigenvalue weighted by atomic mass is 79.9. The van der Waals surface area contributed by atoms with Gasteiger partial charge in [0.15, 0.2) is 0 Å². The van der Waals surface area contributed by atoms with Crippen LogP contribution in [0.25, 0.3) is 21.8 Å². The van der Waals surface area contributed by atoms with Gasteiger partial charge < -0.3 is 17.0 Å². The van der Waals surface area contributed by atoms with Crippen molar-refractivity contribution in [2.75, 3.05) is 0 Å². The van der Waals surface area contributed by atoms with Gasteiger partial charge in [-0.2, -0.15) is 4.57 Å². The molecule has 0 aliphatic rings. The first kappa shape index (κ1) is 11.1. The maximum absolute atomic E-state index is 2.24. The predicted octanol–water partition coefficient (Wildman–Crippen LogP) is -0.179. The Morgan fingerprint density at radius 3 is 1.69 bits per heavy atom. The molecule has 0 bridgehead atoms. The summed E-state index contributed by atoms with van der Waals surface area (Å²) in [4.78, 5) is 0. The topological polar surface area (TPSA) is 3.88 Å². The van der Waals surface area contributed by atoms with Gasteiger partial charge in [0.05, 0.1) is 0 Å². The van der Waals surface area contributed by atoms with Crippen molar-refractivity contribution in [3.63, 3.8) is 0 Å². The smallest absolute Gasteiger partial charge is 0.212 e. The summed E-state index contributed by atoms with van der Waals surface area (Å²) in [6.45, 7) is 0. The molecule has 16 heavy (non-hydrogen) atoms. The van der Waals surface area contributed by atoms with Gasteiger partial charge in [0.2, 0.25) is 11.0 Å². The molecule has 0 amide bonds. The molecule has 3 rings (SSSR count). The van der Waals surface area contributed by atoms with Crippen LogP contribution in [0.3, 0.4) is 0 Å². The molecule has 0 radical (unpaired) electrons. The monoisotopic (exact) mass is 273 g/mol. The van der Waals surface area contributed by atoms with Crippen molar-refractivity contribution in [2.45, 2.75) is 0 Å². The maximum Gasteiger partial charge on any atom is 0.212 e. The predicted molar refractivity (Wildman–Crippen MR) is 62.6 cm³/mol. The summed E-state index contributed by atoms with van der Waals surface area (Å²) in [5, 5.41) is 2.58. The molecule has 1 heterocycles. The third kappa shape index (κ3) is 1.59. The van der Waals surface area contributed by atoms with E-state index in [1.54, 1.807) is 0 Å². The Labute approximate surface area is 105 Å². The number of aryl methyl sites for hydroxylation is 1. The molecule has 2 heteroatoms. The standard InChI is InChI=1S/C14H12N.BrH/c1-15-13-8-4-2-6-11(13)10-12-7-3-5-9-14(12)15;/h2-10H,1H3;1H/q+1;/p-1. The molecule has 3 aromatic rings. The molecule has 0 aliphatic heterocycles. The number of fused-ring (bicyclic) bond motifs is 2. The lowest BCUT2D eigenvalue weighted by atomic mass is 10.1. The first-order chi connectivity index (χ1) is 7.36. The minimum absolute atomic E-state index is 0. The normalized spacial score (nSPS) is 10.3. The summed E-state index contributed by atoms with van der Waals surface area (Å²) in [6.07, 6.45) is 0. The van der Waals surface area contributed by atoms with E-state index in [-0.39, 0.29) is 17.0 Å². The zero-order valence-corrected chi connectivity index (χ0v) is 10.6. The molecule has 0 fully saturated rings. The molecule has 1 aromatic heterocycles. The Morgan fingerprint density at radius 1 is 0.750 bits per heavy atom. The van der Waals surface area contributed by atoms with Crippen LogP contribution in [0.1, 0.15) is 0 Å². The van der Waals surface area contributed by atoms with Gasteiger partial charge in [-0.05, 0) is 18.2 Å². The van der Waals surface area contributed by atoms with Gasteiger partial charge in [0.1, 0.15) is 7.05 Å². The number of rotatable bonds is 0. The first-order valence-corrected chi connectivity index (χ1v) is 5.13. The van der Waals surface area contributed by atoms with E-state index < -0.39 is 0 Å². The summed E-state index contributed by atoms with van der Waals surface area (Å²) in [5.41, 5.74) is 2.55. The fourth-order valence-corrected chi connectivity index (χ4v) is 2.13. The van der Waals surface area contributed by atoms with Crippen molar-refractivity contribution in [3.8, 4) is 0 Å². The van der Waals surface area contributed by atoms with Crippen LogP contribution in [0.2, 0.25) is 0 Å². The zero-order chi connectivity index (χ0) is 10.3. The molecular weight excluding hydrogens is 262 g/mol. The van der Waals surface area contributed by atoms with E-state index in [2.05, 4.69) is 66.2 Å². The van der Waals surface area contributed by atoms with E-state index >= 15 is 0 Å². The fourth-order valence-electron chi connectivity index (χ4n) is 2.13. The number of hydrogen-bond donors (Lipinski definition) is 0. The number of pyridine rings is 1. The molecule has 2 aromatic carbocycles. The lowest BCUT2D eigenvalue weighted by molar-refractivity contribution is -0.617. The molecule has 1 nitrogen and oxygen atoms in total. The van der Waals surface area contributed by atoms with E-state index in [1.807, 2.05) is 0 Å². The van der Waals surface area contributed by atoms with Crippen LogP contribution in [0, 0.1) is 0 Å². The number of para-hydroxylation sites is 2. The van der Waals surface area contributed by atoms with Gasteiger partial charge in [0.25, 0.3) is 0 Å². The third-order valence-corrected chi connectivity index (χ3v) is 2.91. The van der Waals surface area contributed by atoms with Crippen LogP contribution in [0.15, 0.2) is 54.6 Å². The van der Waals surface area contributed by atoms with E-state index in [0.717, 1.165) is 0 Å². The van der Waals surface area contributed by atoms with Gasteiger partial charge in [-0.1, -0.05) is 24.3 Å². The highest BCUT2D eigenvalue weighted by Crippen LogP contribution is 2.16. The third-order valence-electron chi connectivity index (χ3n) is 2.91. The van der Waals surface area contributed by atoms with E-state index in [1.165, 1.54) is 21.8 Å². The molecule has 0 saturated heterocycles. The quantitative estimate of drug-likeness (QED) is 0.395. The minimum atomic E-state index is 0. The number of aromatic nitrogens is 1. The largest absolute Gasteiger partial charge is 1.00 e. The van der Waals surface area contributed by atoms with Crippen LogP contribution < -0.4 is 21.5 Å². The molecule has 0 atom stereocenters. The Morgan fingerprint density at radius 2 is 1.19 bits per heavy atom. The summed E-state index contributed by atoms with van der Waals surface area (Å²) in [5.74, 6) is 0. The summed E-state index contributed by atoms with van der Waals surface area (Å²) in [6, 6.07) is 19.2. The second-order valence-corrected chi connectivity index (χ2v) is 3.82. The van der Waals surface area contributed by atoms with Crippen LogP contribution in [0.4, 0.5) is 0 Å². The Balaban J connectivity index is 0.000000963. The lowest BCUT2D eigenvalue weighted by Gasteiger charge is -2.00. The molecular formula is C14H12BrN. The van der Waals surface area contributed by atoms with Crippen molar-refractivity contribution in [1.82, 2.24) is 0 Å². The van der Waals surface area contributed by atoms with Crippen molar-refractivity contribution in [1.29, 1.82) is 0 Å². The molecule has 0 N–H and O–H groups in total. The molecule has 0 spiro atoms. The second kappa shape index (κ2) is 4.22. The lowest BCUT2D eigenvalue weighted by Crippen LogP contribution is -3.00.